The van der Waals surface area contributed by atoms with Crippen LogP contribution in [-0.4, -0.2) is 96.7 Å². The lowest BCUT2D eigenvalue weighted by Crippen LogP contribution is -2.30. The first kappa shape index (κ1) is 92.5. The summed E-state index contributed by atoms with van der Waals surface area (Å²) in [6, 6.07) is 0. The van der Waals surface area contributed by atoms with Gasteiger partial charge < -0.3 is 33.8 Å². The minimum Gasteiger partial charge on any atom is -0.462 e. The van der Waals surface area contributed by atoms with Gasteiger partial charge in [-0.3, -0.25) is 37.3 Å². The maximum absolute atomic E-state index is 13.1. The van der Waals surface area contributed by atoms with Gasteiger partial charge in [-0.2, -0.15) is 0 Å². The lowest BCUT2D eigenvalue weighted by molar-refractivity contribution is -0.161. The number of carbonyl (C=O) groups is 4. The zero-order valence-electron chi connectivity index (χ0n) is 60.8. The Kier molecular flexibility index (Phi) is 67.4. The number of allylic oxidation sites excluding steroid dienone is 12. The smallest absolute Gasteiger partial charge is 0.462 e. The molecule has 0 radical (unpaired) electrons. The molecule has 0 saturated carbocycles. The van der Waals surface area contributed by atoms with E-state index >= 15 is 0 Å². The number of aliphatic hydroxyl groups excluding tert-OH is 1. The van der Waals surface area contributed by atoms with E-state index in [-0.39, 0.29) is 25.7 Å². The van der Waals surface area contributed by atoms with Crippen LogP contribution in [0.25, 0.3) is 0 Å². The van der Waals surface area contributed by atoms with Crippen molar-refractivity contribution in [3.05, 3.63) is 72.9 Å². The molecule has 0 aromatic rings. The number of aliphatic hydroxyl groups is 1. The zero-order valence-corrected chi connectivity index (χ0v) is 62.6. The van der Waals surface area contributed by atoms with E-state index in [2.05, 4.69) is 101 Å². The molecule has 0 aliphatic carbocycles. The first-order chi connectivity index (χ1) is 46.7. The fourth-order valence-corrected chi connectivity index (χ4v) is 11.8. The maximum Gasteiger partial charge on any atom is 0.472 e. The van der Waals surface area contributed by atoms with Gasteiger partial charge in [0.15, 0.2) is 12.2 Å². The van der Waals surface area contributed by atoms with Gasteiger partial charge in [-0.05, 0) is 116 Å². The summed E-state index contributed by atoms with van der Waals surface area (Å²) in [5, 5.41) is 10.6. The highest BCUT2D eigenvalue weighted by molar-refractivity contribution is 7.47. The van der Waals surface area contributed by atoms with Crippen LogP contribution in [0, 0.1) is 0 Å². The molecule has 17 nitrogen and oxygen atoms in total. The zero-order chi connectivity index (χ0) is 70.4. The van der Waals surface area contributed by atoms with Gasteiger partial charge in [0, 0.05) is 25.7 Å². The molecule has 3 N–H and O–H groups in total. The first-order valence-corrected chi connectivity index (χ1v) is 41.2. The van der Waals surface area contributed by atoms with E-state index in [1.807, 2.05) is 0 Å². The molecule has 0 bridgehead atoms. The van der Waals surface area contributed by atoms with Crippen LogP contribution in [0.5, 0.6) is 0 Å². The number of unbranched alkanes of at least 4 members (excludes halogenated alkanes) is 34. The van der Waals surface area contributed by atoms with Crippen LogP contribution in [0.3, 0.4) is 0 Å². The summed E-state index contributed by atoms with van der Waals surface area (Å²) >= 11 is 0. The van der Waals surface area contributed by atoms with Crippen molar-refractivity contribution >= 4 is 39.5 Å². The SMILES string of the molecule is CCC/C=C\C/C=C\CCCCCCCC(=O)OCC(COP(=O)(O)OCC(O)COP(=O)(O)OCC(COC(=O)CCCCCCCC/C=C\C/C=C\C/C=C\CCCCC)OC(=O)CCCCCCC/C=C\CCCCCC)OC(=O)CCCCCCCCCCCCC. The molecular formula is C77H138O17P2. The summed E-state index contributed by atoms with van der Waals surface area (Å²) < 4.78 is 68.4. The fourth-order valence-electron chi connectivity index (χ4n) is 10.3. The highest BCUT2D eigenvalue weighted by Crippen LogP contribution is 2.45. The predicted octanol–water partition coefficient (Wildman–Crippen LogP) is 21.7. The number of carbonyl (C=O) groups excluding carboxylic acids is 4. The lowest BCUT2D eigenvalue weighted by atomic mass is 10.1. The van der Waals surface area contributed by atoms with E-state index in [1.165, 1.54) is 83.5 Å². The molecule has 0 aromatic carbocycles. The van der Waals surface area contributed by atoms with Crippen LogP contribution >= 0.6 is 15.6 Å². The van der Waals surface area contributed by atoms with Gasteiger partial charge in [-0.25, -0.2) is 9.13 Å². The van der Waals surface area contributed by atoms with Crippen LogP contribution in [-0.2, 0) is 65.4 Å². The van der Waals surface area contributed by atoms with Gasteiger partial charge >= 0.3 is 39.5 Å². The Bertz CT molecular complexity index is 2110. The summed E-state index contributed by atoms with van der Waals surface area (Å²) in [4.78, 5) is 72.7. The highest BCUT2D eigenvalue weighted by atomic mass is 31.2. The molecule has 5 atom stereocenters. The van der Waals surface area contributed by atoms with Crippen LogP contribution in [0.2, 0.25) is 0 Å². The maximum atomic E-state index is 13.1. The number of esters is 4. The van der Waals surface area contributed by atoms with Crippen LogP contribution in [0.1, 0.15) is 336 Å². The van der Waals surface area contributed by atoms with Gasteiger partial charge in [-0.15, -0.1) is 0 Å². The molecule has 0 fully saturated rings. The number of phosphoric ester groups is 2. The predicted molar refractivity (Wildman–Crippen MR) is 390 cm³/mol. The molecule has 0 aliphatic heterocycles. The molecule has 0 saturated heterocycles. The van der Waals surface area contributed by atoms with Crippen LogP contribution in [0.4, 0.5) is 0 Å². The summed E-state index contributed by atoms with van der Waals surface area (Å²) in [7, 11) is -9.94. The number of ether oxygens (including phenoxy) is 4. The van der Waals surface area contributed by atoms with E-state index in [0.29, 0.717) is 25.7 Å². The molecule has 0 spiro atoms. The van der Waals surface area contributed by atoms with Crippen molar-refractivity contribution < 1.29 is 80.2 Å². The second-order valence-electron chi connectivity index (χ2n) is 25.6. The number of phosphoric acid groups is 2. The average Bonchev–Trinajstić information content (AvgIpc) is 1.22. The van der Waals surface area contributed by atoms with Gasteiger partial charge in [0.25, 0.3) is 0 Å². The monoisotopic (exact) mass is 1400 g/mol. The highest BCUT2D eigenvalue weighted by Gasteiger charge is 2.30. The molecule has 0 amide bonds. The molecule has 0 aliphatic rings. The van der Waals surface area contributed by atoms with E-state index in [0.717, 1.165) is 173 Å². The van der Waals surface area contributed by atoms with Gasteiger partial charge in [-0.1, -0.05) is 268 Å². The van der Waals surface area contributed by atoms with Crippen molar-refractivity contribution in [1.82, 2.24) is 0 Å². The van der Waals surface area contributed by atoms with E-state index in [4.69, 9.17) is 37.0 Å². The van der Waals surface area contributed by atoms with Crippen molar-refractivity contribution in [2.75, 3.05) is 39.6 Å². The topological polar surface area (TPSA) is 237 Å². The Balaban J connectivity index is 5.30. The second kappa shape index (κ2) is 70.0. The van der Waals surface area contributed by atoms with Gasteiger partial charge in [0.1, 0.15) is 19.3 Å². The van der Waals surface area contributed by atoms with Crippen molar-refractivity contribution in [2.24, 2.45) is 0 Å². The summed E-state index contributed by atoms with van der Waals surface area (Å²) in [5.41, 5.74) is 0. The van der Waals surface area contributed by atoms with E-state index in [1.54, 1.807) is 0 Å². The number of hydrogen-bond acceptors (Lipinski definition) is 15. The Labute approximate surface area is 583 Å². The number of hydrogen-bond donors (Lipinski definition) is 3. The van der Waals surface area contributed by atoms with E-state index < -0.39 is 97.5 Å². The Morgan fingerprint density at radius 1 is 0.292 bits per heavy atom. The fraction of sp³-hybridized carbons (Fsp3) is 0.792. The molecule has 558 valence electrons. The van der Waals surface area contributed by atoms with Crippen molar-refractivity contribution in [3.8, 4) is 0 Å². The second-order valence-corrected chi connectivity index (χ2v) is 28.5. The largest absolute Gasteiger partial charge is 0.472 e. The molecule has 96 heavy (non-hydrogen) atoms. The quantitative estimate of drug-likeness (QED) is 0.0169. The van der Waals surface area contributed by atoms with Crippen LogP contribution in [0.15, 0.2) is 72.9 Å². The molecule has 19 heteroatoms. The van der Waals surface area contributed by atoms with Crippen molar-refractivity contribution in [2.45, 2.75) is 354 Å². The van der Waals surface area contributed by atoms with Gasteiger partial charge in [0.05, 0.1) is 26.4 Å². The Hall–Kier alpha value is -3.50. The van der Waals surface area contributed by atoms with Crippen molar-refractivity contribution in [1.29, 1.82) is 0 Å². The van der Waals surface area contributed by atoms with E-state index in [9.17, 15) is 43.2 Å². The standard InChI is InChI=1S/C77H138O17P2/c1-5-9-13-17-21-25-29-32-33-34-35-36-37-40-43-46-50-54-58-62-75(80)88-68-73(94-77(82)64-60-56-52-48-44-39-31-27-23-19-15-11-7-3)70-92-96(85,86)90-66-71(78)65-89-95(83,84)91-69-72(93-76(81)63-59-55-51-47-41-28-24-20-16-12-8-4)67-87-74(79)61-57-53-49-45-42-38-30-26-22-18-14-10-6-2/h14,18,21,25-27,30-33,35-36,71-73,78H,5-13,15-17,19-20,22-24,28-29,34,37-70H2,1-4H3,(H,83,84)(H,85,86)/b18-14-,25-21-,30-26-,31-27-,33-32-,36-35-. The summed E-state index contributed by atoms with van der Waals surface area (Å²) in [6.45, 7) is 4.75. The van der Waals surface area contributed by atoms with Crippen molar-refractivity contribution in [3.63, 3.8) is 0 Å². The minimum absolute atomic E-state index is 0.0842. The molecule has 0 rings (SSSR count). The summed E-state index contributed by atoms with van der Waals surface area (Å²) in [6.07, 6.45) is 68.9. The molecule has 0 aromatic heterocycles. The number of rotatable bonds is 72. The summed E-state index contributed by atoms with van der Waals surface area (Å²) in [5.74, 6) is -2.19. The normalized spacial score (nSPS) is 14.4. The Morgan fingerprint density at radius 3 is 0.865 bits per heavy atom. The minimum atomic E-state index is -4.97. The third-order valence-electron chi connectivity index (χ3n) is 16.1. The van der Waals surface area contributed by atoms with Gasteiger partial charge in [0.2, 0.25) is 0 Å². The molecular weight excluding hydrogens is 1260 g/mol. The Morgan fingerprint density at radius 2 is 0.531 bits per heavy atom. The first-order valence-electron chi connectivity index (χ1n) is 38.2. The third kappa shape index (κ3) is 69.0. The van der Waals surface area contributed by atoms with Crippen LogP contribution < -0.4 is 0 Å². The molecule has 0 heterocycles. The average molecular weight is 1400 g/mol. The lowest BCUT2D eigenvalue weighted by Gasteiger charge is -2.21. The third-order valence-corrected chi connectivity index (χ3v) is 18.0. The molecule has 5 unspecified atom stereocenters.